The minimum Gasteiger partial charge on any atom is -0.356 e. The number of hydrazine groups is 1. The summed E-state index contributed by atoms with van der Waals surface area (Å²) >= 11 is 0. The van der Waals surface area contributed by atoms with Crippen molar-refractivity contribution < 1.29 is 4.79 Å². The summed E-state index contributed by atoms with van der Waals surface area (Å²) in [4.78, 5) is 14.7. The quantitative estimate of drug-likeness (QED) is 0.391. The molecule has 0 spiro atoms. The summed E-state index contributed by atoms with van der Waals surface area (Å²) in [7, 11) is 0. The van der Waals surface area contributed by atoms with E-state index in [0.717, 1.165) is 12.0 Å². The fourth-order valence-electron chi connectivity index (χ4n) is 1.14. The molecule has 1 heterocycles. The average Bonchev–Trinajstić information content (AvgIpc) is 2.29. The molecule has 1 aromatic rings. The molecule has 0 bridgehead atoms. The summed E-state index contributed by atoms with van der Waals surface area (Å²) < 4.78 is 0. The lowest BCUT2D eigenvalue weighted by atomic mass is 10.2. The van der Waals surface area contributed by atoms with Crippen LogP contribution in [0.1, 0.15) is 18.9 Å². The fraction of sp³-hybridized carbons (Fsp3) is 0.273. The van der Waals surface area contributed by atoms with Gasteiger partial charge >= 0.3 is 0 Å². The summed E-state index contributed by atoms with van der Waals surface area (Å²) in [5, 5.41) is 2.72. The standard InChI is InChI=1S/C11H16N4O/c1-9(16)13-7-3-2-4-10-5-6-11(15-12)14-8-10/h2,4-6,8H,3,7,12H2,1H3,(H,13,16)(H,14,15). The molecule has 1 rings (SSSR count). The summed E-state index contributed by atoms with van der Waals surface area (Å²) in [5.41, 5.74) is 3.46. The second kappa shape index (κ2) is 6.58. The number of aromatic nitrogens is 1. The van der Waals surface area contributed by atoms with Crippen molar-refractivity contribution in [3.63, 3.8) is 0 Å². The molecule has 16 heavy (non-hydrogen) atoms. The Morgan fingerprint density at radius 3 is 2.94 bits per heavy atom. The van der Waals surface area contributed by atoms with Crippen molar-refractivity contribution in [3.8, 4) is 0 Å². The number of carbonyl (C=O) groups excluding carboxylic acids is 1. The number of nitrogens with one attached hydrogen (secondary N) is 2. The number of pyridine rings is 1. The number of carbonyl (C=O) groups is 1. The SMILES string of the molecule is CC(=O)NCCC=Cc1ccc(NN)nc1. The molecule has 0 aliphatic carbocycles. The number of nitrogens with two attached hydrogens (primary N) is 1. The van der Waals surface area contributed by atoms with Gasteiger partial charge in [-0.3, -0.25) is 4.79 Å². The van der Waals surface area contributed by atoms with Crippen LogP contribution in [0.5, 0.6) is 0 Å². The van der Waals surface area contributed by atoms with Gasteiger partial charge in [-0.1, -0.05) is 12.2 Å². The zero-order valence-electron chi connectivity index (χ0n) is 9.23. The van der Waals surface area contributed by atoms with Crippen LogP contribution in [0, 0.1) is 0 Å². The highest BCUT2D eigenvalue weighted by molar-refractivity contribution is 5.72. The van der Waals surface area contributed by atoms with Gasteiger partial charge in [0, 0.05) is 19.7 Å². The lowest BCUT2D eigenvalue weighted by molar-refractivity contribution is -0.118. The molecule has 1 amide bonds. The molecule has 0 radical (unpaired) electrons. The van der Waals surface area contributed by atoms with Crippen LogP contribution in [0.4, 0.5) is 5.82 Å². The van der Waals surface area contributed by atoms with Gasteiger partial charge in [-0.15, -0.1) is 0 Å². The van der Waals surface area contributed by atoms with Gasteiger partial charge in [-0.25, -0.2) is 10.8 Å². The molecule has 0 fully saturated rings. The van der Waals surface area contributed by atoms with Crippen LogP contribution < -0.4 is 16.6 Å². The van der Waals surface area contributed by atoms with Crippen molar-refractivity contribution in [2.24, 2.45) is 5.84 Å². The van der Waals surface area contributed by atoms with Crippen LogP contribution >= 0.6 is 0 Å². The molecule has 0 aliphatic rings. The van der Waals surface area contributed by atoms with Crippen molar-refractivity contribution >= 4 is 17.8 Å². The number of rotatable bonds is 5. The van der Waals surface area contributed by atoms with E-state index in [0.29, 0.717) is 12.4 Å². The van der Waals surface area contributed by atoms with Gasteiger partial charge in [0.1, 0.15) is 5.82 Å². The van der Waals surface area contributed by atoms with Crippen LogP contribution in [0.3, 0.4) is 0 Å². The average molecular weight is 220 g/mol. The summed E-state index contributed by atoms with van der Waals surface area (Å²) in [6.07, 6.45) is 6.47. The Bertz CT molecular complexity index is 359. The minimum absolute atomic E-state index is 0.00607. The molecule has 0 unspecified atom stereocenters. The highest BCUT2D eigenvalue weighted by Gasteiger charge is 1.90. The smallest absolute Gasteiger partial charge is 0.216 e. The van der Waals surface area contributed by atoms with Crippen LogP contribution in [-0.2, 0) is 4.79 Å². The van der Waals surface area contributed by atoms with E-state index in [4.69, 9.17) is 5.84 Å². The lowest BCUT2D eigenvalue weighted by Gasteiger charge is -1.99. The highest BCUT2D eigenvalue weighted by atomic mass is 16.1. The Kier molecular flexibility index (Phi) is 5.01. The van der Waals surface area contributed by atoms with Crippen LogP contribution in [0.15, 0.2) is 24.4 Å². The summed E-state index contributed by atoms with van der Waals surface area (Å²) in [6.45, 7) is 2.16. The van der Waals surface area contributed by atoms with Gasteiger partial charge in [0.15, 0.2) is 0 Å². The number of hydrogen-bond donors (Lipinski definition) is 3. The largest absolute Gasteiger partial charge is 0.356 e. The zero-order chi connectivity index (χ0) is 11.8. The number of nitrogens with zero attached hydrogens (tertiary/aromatic N) is 1. The molecule has 0 aliphatic heterocycles. The molecule has 0 atom stereocenters. The van der Waals surface area contributed by atoms with E-state index in [9.17, 15) is 4.79 Å². The normalized spacial score (nSPS) is 10.4. The van der Waals surface area contributed by atoms with Crippen LogP contribution in [0.2, 0.25) is 0 Å². The van der Waals surface area contributed by atoms with Gasteiger partial charge < -0.3 is 10.7 Å². The maximum absolute atomic E-state index is 10.6. The third-order valence-corrected chi connectivity index (χ3v) is 1.93. The molecular formula is C11H16N4O. The first kappa shape index (κ1) is 12.2. The Morgan fingerprint density at radius 2 is 2.38 bits per heavy atom. The van der Waals surface area contributed by atoms with Gasteiger partial charge in [-0.2, -0.15) is 0 Å². The number of amides is 1. The molecule has 1 aromatic heterocycles. The predicted octanol–water partition coefficient (Wildman–Crippen LogP) is 0.907. The van der Waals surface area contributed by atoms with Crippen molar-refractivity contribution in [1.82, 2.24) is 10.3 Å². The van der Waals surface area contributed by atoms with E-state index in [1.807, 2.05) is 18.2 Å². The van der Waals surface area contributed by atoms with Crippen molar-refractivity contribution in [2.75, 3.05) is 12.0 Å². The molecule has 5 nitrogen and oxygen atoms in total. The molecule has 5 heteroatoms. The van der Waals surface area contributed by atoms with Crippen LogP contribution in [0.25, 0.3) is 6.08 Å². The molecular weight excluding hydrogens is 204 g/mol. The van der Waals surface area contributed by atoms with Gasteiger partial charge in [0.2, 0.25) is 5.91 Å². The second-order valence-electron chi connectivity index (χ2n) is 3.30. The van der Waals surface area contributed by atoms with E-state index >= 15 is 0 Å². The van der Waals surface area contributed by atoms with Gasteiger partial charge in [-0.05, 0) is 24.1 Å². The minimum atomic E-state index is -0.00607. The Balaban J connectivity index is 2.35. The predicted molar refractivity (Wildman–Crippen MR) is 64.4 cm³/mol. The molecule has 0 aromatic carbocycles. The number of hydrogen-bond acceptors (Lipinski definition) is 4. The molecule has 4 N–H and O–H groups in total. The summed E-state index contributed by atoms with van der Waals surface area (Å²) in [6, 6.07) is 3.71. The van der Waals surface area contributed by atoms with E-state index in [-0.39, 0.29) is 5.91 Å². The highest BCUT2D eigenvalue weighted by Crippen LogP contribution is 2.05. The first-order valence-electron chi connectivity index (χ1n) is 5.06. The van der Waals surface area contributed by atoms with Crippen molar-refractivity contribution in [2.45, 2.75) is 13.3 Å². The Labute approximate surface area is 94.7 Å². The molecule has 0 saturated carbocycles. The maximum Gasteiger partial charge on any atom is 0.216 e. The summed E-state index contributed by atoms with van der Waals surface area (Å²) in [5.74, 6) is 5.83. The first-order chi connectivity index (χ1) is 7.72. The number of anilines is 1. The third-order valence-electron chi connectivity index (χ3n) is 1.93. The Hall–Kier alpha value is -1.88. The molecule has 86 valence electrons. The van der Waals surface area contributed by atoms with E-state index in [2.05, 4.69) is 15.7 Å². The van der Waals surface area contributed by atoms with Gasteiger partial charge in [0.05, 0.1) is 0 Å². The van der Waals surface area contributed by atoms with Crippen LogP contribution in [-0.4, -0.2) is 17.4 Å². The molecule has 0 saturated heterocycles. The number of nitrogen functional groups attached to an aromatic ring is 1. The van der Waals surface area contributed by atoms with Crippen molar-refractivity contribution in [1.29, 1.82) is 0 Å². The van der Waals surface area contributed by atoms with E-state index in [1.54, 1.807) is 12.3 Å². The van der Waals surface area contributed by atoms with Gasteiger partial charge in [0.25, 0.3) is 0 Å². The van der Waals surface area contributed by atoms with E-state index < -0.39 is 0 Å². The monoisotopic (exact) mass is 220 g/mol. The second-order valence-corrected chi connectivity index (χ2v) is 3.30. The van der Waals surface area contributed by atoms with E-state index in [1.165, 1.54) is 6.92 Å². The Morgan fingerprint density at radius 1 is 1.56 bits per heavy atom. The first-order valence-corrected chi connectivity index (χ1v) is 5.06. The zero-order valence-corrected chi connectivity index (χ0v) is 9.23. The fourth-order valence-corrected chi connectivity index (χ4v) is 1.14. The lowest BCUT2D eigenvalue weighted by Crippen LogP contribution is -2.20. The van der Waals surface area contributed by atoms with Crippen molar-refractivity contribution in [3.05, 3.63) is 30.0 Å². The maximum atomic E-state index is 10.6. The third kappa shape index (κ3) is 4.56. The topological polar surface area (TPSA) is 80.0 Å².